The predicted molar refractivity (Wildman–Crippen MR) is 61.7 cm³/mol. The molecule has 86 valence electrons. The molecule has 0 spiro atoms. The Morgan fingerprint density at radius 2 is 2.00 bits per heavy atom. The van der Waals surface area contributed by atoms with E-state index >= 15 is 0 Å². The Morgan fingerprint density at radius 1 is 1.24 bits per heavy atom. The molecule has 2 rings (SSSR count). The van der Waals surface area contributed by atoms with Crippen LogP contribution in [0.5, 0.6) is 0 Å². The van der Waals surface area contributed by atoms with Crippen LogP contribution in [0.4, 0.5) is 0 Å². The van der Waals surface area contributed by atoms with Crippen LogP contribution in [0.3, 0.4) is 0 Å². The number of carboxylic acid groups (broad SMARTS) is 1. The van der Waals surface area contributed by atoms with Crippen molar-refractivity contribution in [3.8, 4) is 11.4 Å². The molecule has 0 unspecified atom stereocenters. The molecule has 5 nitrogen and oxygen atoms in total. The molecule has 0 bridgehead atoms. The summed E-state index contributed by atoms with van der Waals surface area (Å²) in [5, 5.41) is 8.83. The van der Waals surface area contributed by atoms with Crippen molar-refractivity contribution in [2.75, 3.05) is 0 Å². The molecule has 0 amide bonds. The Bertz CT molecular complexity index is 582. The second-order valence-electron chi connectivity index (χ2n) is 3.76. The first-order valence-corrected chi connectivity index (χ1v) is 5.08. The van der Waals surface area contributed by atoms with Crippen LogP contribution in [0.2, 0.25) is 0 Å². The number of aryl methyl sites for hydroxylation is 2. The monoisotopic (exact) mass is 229 g/mol. The number of carboxylic acids is 1. The number of aromatic nitrogens is 3. The summed E-state index contributed by atoms with van der Waals surface area (Å²) in [7, 11) is 0. The van der Waals surface area contributed by atoms with Gasteiger partial charge in [-0.2, -0.15) is 0 Å². The lowest BCUT2D eigenvalue weighted by Gasteiger charge is -2.05. The molecule has 0 fully saturated rings. The fraction of sp³-hybridized carbons (Fsp3) is 0.167. The lowest BCUT2D eigenvalue weighted by Crippen LogP contribution is -2.06. The van der Waals surface area contributed by atoms with E-state index in [4.69, 9.17) is 5.11 Å². The van der Waals surface area contributed by atoms with E-state index in [1.165, 1.54) is 6.33 Å². The normalized spacial score (nSPS) is 10.2. The predicted octanol–water partition coefficient (Wildman–Crippen LogP) is 1.85. The SMILES string of the molecule is Cc1ccc(C)c(-c2ncnc(C(=O)O)n2)c1. The topological polar surface area (TPSA) is 76.0 Å². The van der Waals surface area contributed by atoms with Gasteiger partial charge in [0.25, 0.3) is 0 Å². The molecular weight excluding hydrogens is 218 g/mol. The van der Waals surface area contributed by atoms with Crippen molar-refractivity contribution in [2.45, 2.75) is 13.8 Å². The van der Waals surface area contributed by atoms with Gasteiger partial charge in [0.15, 0.2) is 5.82 Å². The maximum absolute atomic E-state index is 10.8. The number of aromatic carboxylic acids is 1. The number of benzene rings is 1. The highest BCUT2D eigenvalue weighted by molar-refractivity contribution is 5.83. The van der Waals surface area contributed by atoms with Crippen LogP contribution in [0, 0.1) is 13.8 Å². The van der Waals surface area contributed by atoms with Crippen LogP contribution in [0.15, 0.2) is 24.5 Å². The lowest BCUT2D eigenvalue weighted by atomic mass is 10.1. The zero-order valence-corrected chi connectivity index (χ0v) is 9.51. The molecule has 1 aromatic heterocycles. The molecule has 0 saturated heterocycles. The van der Waals surface area contributed by atoms with Gasteiger partial charge < -0.3 is 5.11 Å². The molecule has 17 heavy (non-hydrogen) atoms. The molecule has 1 N–H and O–H groups in total. The smallest absolute Gasteiger partial charge is 0.374 e. The number of hydrogen-bond donors (Lipinski definition) is 1. The minimum absolute atomic E-state index is 0.240. The number of hydrogen-bond acceptors (Lipinski definition) is 4. The van der Waals surface area contributed by atoms with Crippen LogP contribution in [-0.4, -0.2) is 26.0 Å². The number of rotatable bonds is 2. The molecule has 0 atom stereocenters. The first-order chi connectivity index (χ1) is 8.08. The summed E-state index contributed by atoms with van der Waals surface area (Å²) >= 11 is 0. The van der Waals surface area contributed by atoms with Gasteiger partial charge in [-0.05, 0) is 25.5 Å². The summed E-state index contributed by atoms with van der Waals surface area (Å²) in [4.78, 5) is 22.3. The van der Waals surface area contributed by atoms with Gasteiger partial charge in [-0.1, -0.05) is 17.7 Å². The second-order valence-corrected chi connectivity index (χ2v) is 3.76. The summed E-state index contributed by atoms with van der Waals surface area (Å²) in [5.41, 5.74) is 2.90. The van der Waals surface area contributed by atoms with Crippen LogP contribution in [0.1, 0.15) is 21.7 Å². The minimum atomic E-state index is -1.15. The molecule has 0 aliphatic carbocycles. The van der Waals surface area contributed by atoms with E-state index < -0.39 is 5.97 Å². The quantitative estimate of drug-likeness (QED) is 0.850. The highest BCUT2D eigenvalue weighted by Crippen LogP contribution is 2.20. The maximum atomic E-state index is 10.8. The summed E-state index contributed by atoms with van der Waals surface area (Å²) in [5.74, 6) is -1.01. The van der Waals surface area contributed by atoms with Crippen LogP contribution in [0.25, 0.3) is 11.4 Å². The second kappa shape index (κ2) is 4.29. The fourth-order valence-electron chi connectivity index (χ4n) is 1.51. The van der Waals surface area contributed by atoms with Crippen molar-refractivity contribution in [3.05, 3.63) is 41.5 Å². The lowest BCUT2D eigenvalue weighted by molar-refractivity contribution is 0.0683. The summed E-state index contributed by atoms with van der Waals surface area (Å²) in [6, 6.07) is 5.86. The van der Waals surface area contributed by atoms with Crippen molar-refractivity contribution in [2.24, 2.45) is 0 Å². The first-order valence-electron chi connectivity index (χ1n) is 5.08. The average molecular weight is 229 g/mol. The largest absolute Gasteiger partial charge is 0.475 e. The van der Waals surface area contributed by atoms with Crippen molar-refractivity contribution in [1.29, 1.82) is 0 Å². The number of nitrogens with zero attached hydrogens (tertiary/aromatic N) is 3. The average Bonchev–Trinajstić information content (AvgIpc) is 2.32. The van der Waals surface area contributed by atoms with Crippen molar-refractivity contribution in [3.63, 3.8) is 0 Å². The van der Waals surface area contributed by atoms with Gasteiger partial charge in [0.1, 0.15) is 6.33 Å². The van der Waals surface area contributed by atoms with Gasteiger partial charge in [0.05, 0.1) is 0 Å². The van der Waals surface area contributed by atoms with E-state index in [1.54, 1.807) is 0 Å². The zero-order valence-electron chi connectivity index (χ0n) is 9.51. The van der Waals surface area contributed by atoms with Gasteiger partial charge in [-0.25, -0.2) is 19.7 Å². The summed E-state index contributed by atoms with van der Waals surface area (Å²) in [6.07, 6.45) is 1.22. The van der Waals surface area contributed by atoms with E-state index in [1.807, 2.05) is 32.0 Å². The van der Waals surface area contributed by atoms with Crippen molar-refractivity contribution >= 4 is 5.97 Å². The van der Waals surface area contributed by atoms with Gasteiger partial charge >= 0.3 is 5.97 Å². The molecule has 0 saturated carbocycles. The third-order valence-electron chi connectivity index (χ3n) is 2.40. The van der Waals surface area contributed by atoms with Crippen LogP contribution < -0.4 is 0 Å². The Kier molecular flexibility index (Phi) is 2.82. The Balaban J connectivity index is 2.56. The fourth-order valence-corrected chi connectivity index (χ4v) is 1.51. The standard InChI is InChI=1S/C12H11N3O2/c1-7-3-4-8(2)9(5-7)10-13-6-14-11(15-10)12(16)17/h3-6H,1-2H3,(H,16,17). The van der Waals surface area contributed by atoms with Crippen molar-refractivity contribution in [1.82, 2.24) is 15.0 Å². The number of carbonyl (C=O) groups is 1. The third kappa shape index (κ3) is 2.28. The highest BCUT2D eigenvalue weighted by atomic mass is 16.4. The molecule has 0 aliphatic heterocycles. The molecule has 1 heterocycles. The summed E-state index contributed by atoms with van der Waals surface area (Å²) in [6.45, 7) is 3.89. The van der Waals surface area contributed by atoms with E-state index in [0.717, 1.165) is 16.7 Å². The van der Waals surface area contributed by atoms with Crippen LogP contribution >= 0.6 is 0 Å². The Labute approximate surface area is 98.2 Å². The molecule has 2 aromatic rings. The van der Waals surface area contributed by atoms with E-state index in [-0.39, 0.29) is 5.82 Å². The molecular formula is C12H11N3O2. The maximum Gasteiger partial charge on any atom is 0.374 e. The minimum Gasteiger partial charge on any atom is -0.475 e. The van der Waals surface area contributed by atoms with Gasteiger partial charge in [0, 0.05) is 5.56 Å². The van der Waals surface area contributed by atoms with E-state index in [2.05, 4.69) is 15.0 Å². The molecule has 1 aromatic carbocycles. The van der Waals surface area contributed by atoms with Gasteiger partial charge in [-0.15, -0.1) is 0 Å². The Hall–Kier alpha value is -2.30. The Morgan fingerprint density at radius 3 is 2.71 bits per heavy atom. The van der Waals surface area contributed by atoms with Gasteiger partial charge in [0.2, 0.25) is 5.82 Å². The van der Waals surface area contributed by atoms with E-state index in [0.29, 0.717) is 5.82 Å². The molecule has 0 aliphatic rings. The highest BCUT2D eigenvalue weighted by Gasteiger charge is 2.11. The van der Waals surface area contributed by atoms with Crippen LogP contribution in [-0.2, 0) is 0 Å². The third-order valence-corrected chi connectivity index (χ3v) is 2.40. The first kappa shape index (κ1) is 11.2. The van der Waals surface area contributed by atoms with E-state index in [9.17, 15) is 4.79 Å². The molecule has 0 radical (unpaired) electrons. The summed E-state index contributed by atoms with van der Waals surface area (Å²) < 4.78 is 0. The zero-order chi connectivity index (χ0) is 12.4. The molecule has 5 heteroatoms. The van der Waals surface area contributed by atoms with Gasteiger partial charge in [-0.3, -0.25) is 0 Å². The van der Waals surface area contributed by atoms with Crippen molar-refractivity contribution < 1.29 is 9.90 Å².